The second-order valence-electron chi connectivity index (χ2n) is 9.41. The molecule has 3 aliphatic heterocycles. The van der Waals surface area contributed by atoms with Gasteiger partial charge in [0.05, 0.1) is 18.1 Å². The lowest BCUT2D eigenvalue weighted by Crippen LogP contribution is -2.46. The molecule has 0 unspecified atom stereocenters. The van der Waals surface area contributed by atoms with Crippen LogP contribution < -0.4 is 4.90 Å². The molecule has 2 aromatic rings. The smallest absolute Gasteiger partial charge is 0.251 e. The molecule has 5 rings (SSSR count). The zero-order valence-corrected chi connectivity index (χ0v) is 20.5. The Hall–Kier alpha value is -2.52. The molecule has 8 heteroatoms. The minimum Gasteiger partial charge on any atom is -0.379 e. The summed E-state index contributed by atoms with van der Waals surface area (Å²) in [6.07, 6.45) is 4.32. The number of carbonyl (C=O) groups is 1. The second-order valence-corrected chi connectivity index (χ2v) is 11.4. The van der Waals surface area contributed by atoms with E-state index in [1.165, 1.54) is 15.4 Å². The van der Waals surface area contributed by atoms with Crippen molar-refractivity contribution in [2.24, 2.45) is 0 Å². The highest BCUT2D eigenvalue weighted by molar-refractivity contribution is 7.89. The molecule has 0 N–H and O–H groups in total. The first-order chi connectivity index (χ1) is 16.3. The van der Waals surface area contributed by atoms with E-state index in [1.807, 2.05) is 4.90 Å². The van der Waals surface area contributed by atoms with Gasteiger partial charge in [0, 0.05) is 43.4 Å². The molecule has 0 spiro atoms. The molecule has 2 aromatic carbocycles. The summed E-state index contributed by atoms with van der Waals surface area (Å²) in [5.41, 5.74) is 4.27. The lowest BCUT2D eigenvalue weighted by molar-refractivity contribution is -0.114. The number of fused-ring (bicyclic) bond motifs is 3. The van der Waals surface area contributed by atoms with Crippen LogP contribution in [0.4, 0.5) is 5.69 Å². The van der Waals surface area contributed by atoms with E-state index in [4.69, 9.17) is 4.74 Å². The third-order valence-corrected chi connectivity index (χ3v) is 9.01. The molecule has 7 nitrogen and oxygen atoms in total. The van der Waals surface area contributed by atoms with Gasteiger partial charge in [-0.1, -0.05) is 29.8 Å². The SMILES string of the molecule is Cc1ccc2c(c1)[C@H]1CN(C)CC[C@@H]1N2C(=O)/C=C/c1ccc(S(=O)(=O)N2CCOCC2)cc1. The summed E-state index contributed by atoms with van der Waals surface area (Å²) in [6.45, 7) is 5.59. The Bertz CT molecular complexity index is 1200. The second kappa shape index (κ2) is 9.26. The van der Waals surface area contributed by atoms with E-state index in [0.29, 0.717) is 32.2 Å². The van der Waals surface area contributed by atoms with Gasteiger partial charge in [-0.15, -0.1) is 0 Å². The van der Waals surface area contributed by atoms with Gasteiger partial charge in [-0.25, -0.2) is 8.42 Å². The summed E-state index contributed by atoms with van der Waals surface area (Å²) in [5.74, 6) is 0.294. The molecule has 0 bridgehead atoms. The number of hydrogen-bond donors (Lipinski definition) is 0. The highest BCUT2D eigenvalue weighted by Gasteiger charge is 2.43. The van der Waals surface area contributed by atoms with Gasteiger partial charge in [-0.05, 0) is 62.3 Å². The monoisotopic (exact) mass is 481 g/mol. The third-order valence-electron chi connectivity index (χ3n) is 7.10. The predicted molar refractivity (Wildman–Crippen MR) is 132 cm³/mol. The first kappa shape index (κ1) is 23.2. The van der Waals surface area contributed by atoms with Crippen molar-refractivity contribution in [1.82, 2.24) is 9.21 Å². The van der Waals surface area contributed by atoms with Crippen LogP contribution in [0.5, 0.6) is 0 Å². The number of morpholine rings is 1. The van der Waals surface area contributed by atoms with Gasteiger partial charge in [0.15, 0.2) is 0 Å². The van der Waals surface area contributed by atoms with Crippen molar-refractivity contribution in [1.29, 1.82) is 0 Å². The fourth-order valence-corrected chi connectivity index (χ4v) is 6.71. The standard InChI is InChI=1S/C26H31N3O4S/c1-19-3-9-24-22(17-19)23-18-27(2)12-11-25(23)29(24)26(30)10-6-20-4-7-21(8-5-20)34(31,32)28-13-15-33-16-14-28/h3-10,17,23,25H,11-16,18H2,1-2H3/b10-6+/t23-,25+/m1/s1. The number of sulfonamides is 1. The number of ether oxygens (including phenoxy) is 1. The topological polar surface area (TPSA) is 70.2 Å². The Labute approximate surface area is 201 Å². The molecule has 0 radical (unpaired) electrons. The Balaban J connectivity index is 1.34. The summed E-state index contributed by atoms with van der Waals surface area (Å²) >= 11 is 0. The zero-order chi connectivity index (χ0) is 23.9. The summed E-state index contributed by atoms with van der Waals surface area (Å²) in [5, 5.41) is 0. The van der Waals surface area contributed by atoms with E-state index < -0.39 is 10.0 Å². The molecule has 0 aliphatic carbocycles. The van der Waals surface area contributed by atoms with Crippen molar-refractivity contribution in [3.63, 3.8) is 0 Å². The third kappa shape index (κ3) is 4.31. The number of likely N-dealkylation sites (tertiary alicyclic amines) is 1. The van der Waals surface area contributed by atoms with Crippen LogP contribution in [0.25, 0.3) is 6.08 Å². The van der Waals surface area contributed by atoms with E-state index in [9.17, 15) is 13.2 Å². The van der Waals surface area contributed by atoms with Crippen LogP contribution in [0.2, 0.25) is 0 Å². The lowest BCUT2D eigenvalue weighted by atomic mass is 9.89. The molecule has 0 saturated carbocycles. The maximum Gasteiger partial charge on any atom is 0.251 e. The average Bonchev–Trinajstić information content (AvgIpc) is 3.16. The highest BCUT2D eigenvalue weighted by Crippen LogP contribution is 2.45. The van der Waals surface area contributed by atoms with Gasteiger partial charge in [-0.3, -0.25) is 4.79 Å². The maximum atomic E-state index is 13.3. The number of hydrogen-bond acceptors (Lipinski definition) is 5. The van der Waals surface area contributed by atoms with Crippen molar-refractivity contribution in [3.8, 4) is 0 Å². The molecule has 34 heavy (non-hydrogen) atoms. The van der Waals surface area contributed by atoms with Crippen LogP contribution in [-0.2, 0) is 19.6 Å². The van der Waals surface area contributed by atoms with Crippen LogP contribution in [0.1, 0.15) is 29.0 Å². The van der Waals surface area contributed by atoms with E-state index in [0.717, 1.165) is 30.8 Å². The van der Waals surface area contributed by atoms with Crippen molar-refractivity contribution < 1.29 is 17.9 Å². The first-order valence-corrected chi connectivity index (χ1v) is 13.3. The number of carbonyl (C=O) groups excluding carboxylic acids is 1. The van der Waals surface area contributed by atoms with Gasteiger partial charge in [0.2, 0.25) is 10.0 Å². The van der Waals surface area contributed by atoms with Gasteiger partial charge in [-0.2, -0.15) is 4.31 Å². The summed E-state index contributed by atoms with van der Waals surface area (Å²) in [4.78, 5) is 17.9. The summed E-state index contributed by atoms with van der Waals surface area (Å²) in [6, 6.07) is 13.2. The molecule has 2 saturated heterocycles. The zero-order valence-electron chi connectivity index (χ0n) is 19.7. The van der Waals surface area contributed by atoms with E-state index in [-0.39, 0.29) is 16.8 Å². The molecule has 0 aromatic heterocycles. The number of anilines is 1. The number of piperidine rings is 1. The minimum absolute atomic E-state index is 0.0350. The number of nitrogens with zero attached hydrogens (tertiary/aromatic N) is 3. The molecule has 180 valence electrons. The van der Waals surface area contributed by atoms with Gasteiger partial charge in [0.1, 0.15) is 0 Å². The van der Waals surface area contributed by atoms with Crippen molar-refractivity contribution in [3.05, 3.63) is 65.2 Å². The van der Waals surface area contributed by atoms with Crippen LogP contribution in [0, 0.1) is 6.92 Å². The van der Waals surface area contributed by atoms with Crippen LogP contribution in [0.3, 0.4) is 0 Å². The van der Waals surface area contributed by atoms with Crippen molar-refractivity contribution in [2.75, 3.05) is 51.3 Å². The van der Waals surface area contributed by atoms with Crippen LogP contribution in [-0.4, -0.2) is 76.0 Å². The van der Waals surface area contributed by atoms with Crippen LogP contribution in [0.15, 0.2) is 53.4 Å². The molecule has 3 heterocycles. The van der Waals surface area contributed by atoms with Gasteiger partial charge < -0.3 is 14.5 Å². The normalized spacial score (nSPS) is 23.8. The Morgan fingerprint density at radius 1 is 1.06 bits per heavy atom. The summed E-state index contributed by atoms with van der Waals surface area (Å²) < 4.78 is 32.4. The lowest BCUT2D eigenvalue weighted by Gasteiger charge is -2.36. The van der Waals surface area contributed by atoms with Crippen molar-refractivity contribution in [2.45, 2.75) is 30.2 Å². The number of likely N-dealkylation sites (N-methyl/N-ethyl adjacent to an activating group) is 1. The molecular weight excluding hydrogens is 450 g/mol. The van der Waals surface area contributed by atoms with E-state index in [1.54, 1.807) is 36.4 Å². The van der Waals surface area contributed by atoms with Gasteiger partial charge in [0.25, 0.3) is 5.91 Å². The number of rotatable bonds is 4. The quantitative estimate of drug-likeness (QED) is 0.628. The average molecular weight is 482 g/mol. The van der Waals surface area contributed by atoms with E-state index >= 15 is 0 Å². The Morgan fingerprint density at radius 3 is 2.53 bits per heavy atom. The minimum atomic E-state index is -3.53. The Kier molecular flexibility index (Phi) is 6.33. The van der Waals surface area contributed by atoms with Gasteiger partial charge >= 0.3 is 0 Å². The molecule has 2 atom stereocenters. The van der Waals surface area contributed by atoms with Crippen LogP contribution >= 0.6 is 0 Å². The summed E-state index contributed by atoms with van der Waals surface area (Å²) in [7, 11) is -1.39. The molecule has 1 amide bonds. The predicted octanol–water partition coefficient (Wildman–Crippen LogP) is 2.86. The number of benzene rings is 2. The van der Waals surface area contributed by atoms with Crippen molar-refractivity contribution >= 4 is 27.7 Å². The van der Waals surface area contributed by atoms with E-state index in [2.05, 4.69) is 37.1 Å². The Morgan fingerprint density at radius 2 is 1.79 bits per heavy atom. The first-order valence-electron chi connectivity index (χ1n) is 11.8. The molecule has 2 fully saturated rings. The maximum absolute atomic E-state index is 13.3. The molecule has 3 aliphatic rings. The number of aryl methyl sites for hydroxylation is 1. The molecular formula is C26H31N3O4S. The fraction of sp³-hybridized carbons (Fsp3) is 0.423. The number of amides is 1. The largest absolute Gasteiger partial charge is 0.379 e. The fourth-order valence-electron chi connectivity index (χ4n) is 5.30. The highest BCUT2D eigenvalue weighted by atomic mass is 32.2.